The molecule has 9 heteroatoms. The van der Waals surface area contributed by atoms with Gasteiger partial charge in [-0.25, -0.2) is 9.45 Å². The molecule has 1 atom stereocenters. The summed E-state index contributed by atoms with van der Waals surface area (Å²) in [5.74, 6) is -0.736. The average Bonchev–Trinajstić information content (AvgIpc) is 2.58. The van der Waals surface area contributed by atoms with Crippen molar-refractivity contribution in [2.75, 3.05) is 7.04 Å². The number of methoxy groups -OCH3 is 1. The summed E-state index contributed by atoms with van der Waals surface area (Å²) in [6.45, 7) is 0. The molecule has 5 aliphatic rings. The van der Waals surface area contributed by atoms with Crippen LogP contribution in [0.15, 0.2) is 18.2 Å². The minimum Gasteiger partial charge on any atom is -0.403 e. The Hall–Kier alpha value is -0.660. The fourth-order valence-electron chi connectivity index (χ4n) is 6.11. The first-order valence-corrected chi connectivity index (χ1v) is 10.9. The maximum Gasteiger partial charge on any atom is 0.524 e. The standard InChI is InChI=1S/C18H22ClO7P/c1-23-18(12-2-3-15(19)16(9-12)24-27(20,21)22)17(25-26-18)13-5-10-4-11(7-13)8-14(17)6-10/h2-3,9-11,13-14H,4-8H2,1H3,(H2,20,21,22)/i1D3. The summed E-state index contributed by atoms with van der Waals surface area (Å²) < 4.78 is 45.0. The number of halogens is 1. The Kier molecular flexibility index (Phi) is 3.34. The quantitative estimate of drug-likeness (QED) is 0.566. The van der Waals surface area contributed by atoms with E-state index in [1.807, 2.05) is 0 Å². The lowest BCUT2D eigenvalue weighted by Crippen LogP contribution is -2.76. The van der Waals surface area contributed by atoms with Gasteiger partial charge in [-0.05, 0) is 67.9 Å². The van der Waals surface area contributed by atoms with E-state index in [2.05, 4.69) is 0 Å². The minimum absolute atomic E-state index is 0.0366. The predicted molar refractivity (Wildman–Crippen MR) is 94.8 cm³/mol. The molecular weight excluding hydrogens is 395 g/mol. The zero-order valence-corrected chi connectivity index (χ0v) is 16.0. The second-order valence-electron chi connectivity index (χ2n) is 8.21. The van der Waals surface area contributed by atoms with Crippen molar-refractivity contribution in [3.8, 4) is 5.75 Å². The van der Waals surface area contributed by atoms with E-state index in [-0.39, 0.29) is 28.2 Å². The van der Waals surface area contributed by atoms with Crippen LogP contribution >= 0.6 is 19.4 Å². The van der Waals surface area contributed by atoms with Crippen molar-refractivity contribution in [1.82, 2.24) is 0 Å². The molecule has 1 saturated heterocycles. The molecule has 5 fully saturated rings. The summed E-state index contributed by atoms with van der Waals surface area (Å²) in [6, 6.07) is 4.16. The maximum atomic E-state index is 11.4. The number of ether oxygens (including phenoxy) is 1. The molecule has 1 heterocycles. The molecule has 1 aromatic rings. The molecule has 4 saturated carbocycles. The predicted octanol–water partition coefficient (Wildman–Crippen LogP) is 3.77. The Balaban J connectivity index is 1.62. The van der Waals surface area contributed by atoms with Crippen LogP contribution in [-0.2, 0) is 24.9 Å². The number of hydrogen-bond donors (Lipinski definition) is 2. The van der Waals surface area contributed by atoms with Gasteiger partial charge < -0.3 is 9.26 Å². The van der Waals surface area contributed by atoms with E-state index in [9.17, 15) is 14.4 Å². The van der Waals surface area contributed by atoms with E-state index in [0.717, 1.165) is 25.7 Å². The Morgan fingerprint density at radius 3 is 2.37 bits per heavy atom. The minimum atomic E-state index is -4.89. The Morgan fingerprint density at radius 2 is 1.85 bits per heavy atom. The van der Waals surface area contributed by atoms with Gasteiger partial charge in [-0.2, -0.15) is 4.89 Å². The molecule has 1 spiro atoms. The zero-order chi connectivity index (χ0) is 21.5. The van der Waals surface area contributed by atoms with Crippen molar-refractivity contribution >= 4 is 19.4 Å². The highest BCUT2D eigenvalue weighted by molar-refractivity contribution is 7.46. The Morgan fingerprint density at radius 1 is 1.19 bits per heavy atom. The van der Waals surface area contributed by atoms with Crippen molar-refractivity contribution in [2.45, 2.75) is 43.5 Å². The molecule has 27 heavy (non-hydrogen) atoms. The van der Waals surface area contributed by atoms with Crippen molar-refractivity contribution in [3.05, 3.63) is 28.8 Å². The highest BCUT2D eigenvalue weighted by atomic mass is 35.5. The first-order chi connectivity index (χ1) is 13.9. The second-order valence-corrected chi connectivity index (χ2v) is 9.78. The van der Waals surface area contributed by atoms with E-state index in [0.29, 0.717) is 11.8 Å². The first kappa shape index (κ1) is 15.2. The second kappa shape index (κ2) is 5.92. The number of rotatable bonds is 4. The third-order valence-corrected chi connectivity index (χ3v) is 7.58. The summed E-state index contributed by atoms with van der Waals surface area (Å²) >= 11 is 6.05. The number of hydrogen-bond acceptors (Lipinski definition) is 5. The van der Waals surface area contributed by atoms with Crippen LogP contribution in [0.3, 0.4) is 0 Å². The molecule has 0 radical (unpaired) electrons. The van der Waals surface area contributed by atoms with Crippen LogP contribution in [0.25, 0.3) is 0 Å². The summed E-state index contributed by atoms with van der Waals surface area (Å²) in [6.07, 6.45) is 4.81. The third-order valence-electron chi connectivity index (χ3n) is 6.83. The lowest BCUT2D eigenvalue weighted by atomic mass is 9.47. The summed E-state index contributed by atoms with van der Waals surface area (Å²) in [5.41, 5.74) is -0.743. The van der Waals surface area contributed by atoms with Gasteiger partial charge in [0.1, 0.15) is 0 Å². The highest BCUT2D eigenvalue weighted by Gasteiger charge is 2.76. The van der Waals surface area contributed by atoms with Gasteiger partial charge in [0, 0.05) is 12.6 Å². The van der Waals surface area contributed by atoms with E-state index < -0.39 is 26.2 Å². The van der Waals surface area contributed by atoms with Crippen molar-refractivity contribution < 1.29 is 37.5 Å². The molecule has 7 nitrogen and oxygen atoms in total. The van der Waals surface area contributed by atoms with Crippen LogP contribution in [-0.4, -0.2) is 22.4 Å². The van der Waals surface area contributed by atoms with Crippen LogP contribution < -0.4 is 4.52 Å². The lowest BCUT2D eigenvalue weighted by molar-refractivity contribution is -0.645. The van der Waals surface area contributed by atoms with E-state index in [4.69, 9.17) is 34.7 Å². The largest absolute Gasteiger partial charge is 0.524 e. The number of benzene rings is 1. The molecule has 4 bridgehead atoms. The maximum absolute atomic E-state index is 11.4. The van der Waals surface area contributed by atoms with Crippen LogP contribution in [0.2, 0.25) is 5.02 Å². The topological polar surface area (TPSA) is 94.5 Å². The van der Waals surface area contributed by atoms with Crippen LogP contribution in [0, 0.1) is 23.7 Å². The van der Waals surface area contributed by atoms with Crippen LogP contribution in [0.4, 0.5) is 0 Å². The van der Waals surface area contributed by atoms with Gasteiger partial charge in [0.25, 0.3) is 5.79 Å². The van der Waals surface area contributed by atoms with Crippen molar-refractivity contribution in [2.24, 2.45) is 23.7 Å². The van der Waals surface area contributed by atoms with E-state index in [1.165, 1.54) is 24.6 Å². The van der Waals surface area contributed by atoms with Gasteiger partial charge >= 0.3 is 7.82 Å². The van der Waals surface area contributed by atoms with Gasteiger partial charge in [0.2, 0.25) is 0 Å². The summed E-state index contributed by atoms with van der Waals surface area (Å²) in [7, 11) is -7.68. The molecule has 148 valence electrons. The van der Waals surface area contributed by atoms with Gasteiger partial charge in [0.05, 0.1) is 9.13 Å². The van der Waals surface area contributed by atoms with Crippen LogP contribution in [0.1, 0.15) is 41.8 Å². The van der Waals surface area contributed by atoms with Gasteiger partial charge in [-0.1, -0.05) is 17.7 Å². The lowest BCUT2D eigenvalue weighted by Gasteiger charge is -2.68. The van der Waals surface area contributed by atoms with Crippen LogP contribution in [0.5, 0.6) is 5.75 Å². The SMILES string of the molecule is [2H]C([2H])([2H])OC1(c2ccc(Cl)c(OP(=O)(O)O)c2)OOC12C1CC3CC(C1)CC2C3. The highest BCUT2D eigenvalue weighted by Crippen LogP contribution is 2.69. The first-order valence-electron chi connectivity index (χ1n) is 10.5. The van der Waals surface area contributed by atoms with E-state index >= 15 is 0 Å². The smallest absolute Gasteiger partial charge is 0.403 e. The van der Waals surface area contributed by atoms with Crippen molar-refractivity contribution in [1.29, 1.82) is 0 Å². The molecule has 1 aliphatic heterocycles. The van der Waals surface area contributed by atoms with E-state index in [1.54, 1.807) is 0 Å². The normalized spacial score (nSPS) is 44.5. The molecule has 0 aromatic heterocycles. The fraction of sp³-hybridized carbons (Fsp3) is 0.667. The average molecular weight is 420 g/mol. The molecule has 1 aromatic carbocycles. The van der Waals surface area contributed by atoms with Gasteiger partial charge in [0.15, 0.2) is 11.4 Å². The number of phosphoric acid groups is 1. The third kappa shape index (κ3) is 2.50. The monoisotopic (exact) mass is 419 g/mol. The molecule has 2 N–H and O–H groups in total. The molecule has 6 rings (SSSR count). The Labute approximate surface area is 166 Å². The van der Waals surface area contributed by atoms with Crippen molar-refractivity contribution in [3.63, 3.8) is 0 Å². The molecule has 4 aliphatic carbocycles. The zero-order valence-electron chi connectivity index (χ0n) is 17.3. The summed E-state index contributed by atoms with van der Waals surface area (Å²) in [4.78, 5) is 29.7. The summed E-state index contributed by atoms with van der Waals surface area (Å²) in [5, 5.41) is -0.0366. The molecular formula is C18H22ClO7P. The molecule has 0 amide bonds. The number of phosphoric ester groups is 1. The Bertz CT molecular complexity index is 892. The van der Waals surface area contributed by atoms with Gasteiger partial charge in [-0.15, -0.1) is 0 Å². The molecule has 1 unspecified atom stereocenters. The van der Waals surface area contributed by atoms with Gasteiger partial charge in [-0.3, -0.25) is 9.79 Å². The fourth-order valence-corrected chi connectivity index (χ4v) is 6.72.